The molecule has 22 heavy (non-hydrogen) atoms. The molecule has 0 atom stereocenters. The van der Waals surface area contributed by atoms with Crippen LogP contribution in [0.25, 0.3) is 6.08 Å². The Kier molecular flexibility index (Phi) is 7.21. The van der Waals surface area contributed by atoms with Crippen LogP contribution in [0.4, 0.5) is 0 Å². The summed E-state index contributed by atoms with van der Waals surface area (Å²) in [6.07, 6.45) is 1.90. The van der Waals surface area contributed by atoms with Crippen LogP contribution in [0.15, 0.2) is 29.7 Å². The van der Waals surface area contributed by atoms with Gasteiger partial charge >= 0.3 is 0 Å². The first-order valence-corrected chi connectivity index (χ1v) is 10.2. The molecule has 124 valence electrons. The van der Waals surface area contributed by atoms with Crippen molar-refractivity contribution in [2.75, 3.05) is 18.8 Å². The van der Waals surface area contributed by atoms with Gasteiger partial charge in [0.25, 0.3) is 0 Å². The Morgan fingerprint density at radius 3 is 2.18 bits per heavy atom. The van der Waals surface area contributed by atoms with Crippen LogP contribution in [0.5, 0.6) is 0 Å². The van der Waals surface area contributed by atoms with Gasteiger partial charge in [-0.2, -0.15) is 0 Å². The Bertz CT molecular complexity index is 693. The Labute approximate surface area is 132 Å². The van der Waals surface area contributed by atoms with Crippen molar-refractivity contribution in [2.24, 2.45) is 0 Å². The number of sulfonamides is 2. The molecule has 0 saturated carbocycles. The van der Waals surface area contributed by atoms with Crippen LogP contribution in [0.1, 0.15) is 24.5 Å². The lowest BCUT2D eigenvalue weighted by molar-refractivity contribution is 0.576. The van der Waals surface area contributed by atoms with Crippen LogP contribution in [0.2, 0.25) is 0 Å². The molecule has 0 aliphatic heterocycles. The van der Waals surface area contributed by atoms with Crippen LogP contribution in [-0.2, 0) is 20.0 Å². The van der Waals surface area contributed by atoms with Gasteiger partial charge in [0.1, 0.15) is 0 Å². The summed E-state index contributed by atoms with van der Waals surface area (Å²) < 4.78 is 50.6. The smallest absolute Gasteiger partial charge is 0.215 e. The van der Waals surface area contributed by atoms with Gasteiger partial charge in [0.15, 0.2) is 0 Å². The number of hydrogen-bond acceptors (Lipinski definition) is 4. The Morgan fingerprint density at radius 1 is 1.00 bits per heavy atom. The molecule has 0 heterocycles. The minimum Gasteiger partial charge on any atom is -0.215 e. The van der Waals surface area contributed by atoms with E-state index in [1.54, 1.807) is 6.92 Å². The van der Waals surface area contributed by atoms with Gasteiger partial charge in [-0.05, 0) is 31.9 Å². The van der Waals surface area contributed by atoms with Gasteiger partial charge in [0.05, 0.1) is 5.75 Å². The second kappa shape index (κ2) is 8.42. The molecule has 0 fully saturated rings. The quantitative estimate of drug-likeness (QED) is 0.658. The highest BCUT2D eigenvalue weighted by Gasteiger charge is 2.06. The average molecular weight is 346 g/mol. The van der Waals surface area contributed by atoms with E-state index in [1.165, 1.54) is 6.08 Å². The van der Waals surface area contributed by atoms with E-state index in [0.29, 0.717) is 6.42 Å². The third kappa shape index (κ3) is 7.69. The molecule has 2 N–H and O–H groups in total. The molecule has 6 nitrogen and oxygen atoms in total. The van der Waals surface area contributed by atoms with E-state index in [9.17, 15) is 16.8 Å². The molecular formula is C14H22N2O4S2. The van der Waals surface area contributed by atoms with Crippen LogP contribution < -0.4 is 9.44 Å². The Balaban J connectivity index is 2.40. The summed E-state index contributed by atoms with van der Waals surface area (Å²) in [5.74, 6) is 0.0119. The Morgan fingerprint density at radius 2 is 1.59 bits per heavy atom. The topological polar surface area (TPSA) is 92.3 Å². The maximum atomic E-state index is 11.8. The molecule has 0 aromatic heterocycles. The predicted octanol–water partition coefficient (Wildman–Crippen LogP) is 1.21. The van der Waals surface area contributed by atoms with Crippen LogP contribution in [0.3, 0.4) is 0 Å². The average Bonchev–Trinajstić information content (AvgIpc) is 2.46. The normalized spacial score (nSPS) is 12.8. The van der Waals surface area contributed by atoms with Crippen molar-refractivity contribution >= 4 is 26.1 Å². The summed E-state index contributed by atoms with van der Waals surface area (Å²) in [6.45, 7) is 3.88. The van der Waals surface area contributed by atoms with Gasteiger partial charge in [0.2, 0.25) is 20.0 Å². The van der Waals surface area contributed by atoms with Crippen molar-refractivity contribution < 1.29 is 16.8 Å². The van der Waals surface area contributed by atoms with Crippen molar-refractivity contribution in [3.05, 3.63) is 40.8 Å². The molecule has 1 rings (SSSR count). The standard InChI is InChI=1S/C14H22N2O4S2/c1-3-21(17,18)15-10-4-11-16-22(19,20)12-9-14-7-5-13(2)6-8-14/h5-9,12,15-16H,3-4,10-11H2,1-2H3/b12-9+. The number of hydrogen-bond donors (Lipinski definition) is 2. The zero-order valence-corrected chi connectivity index (χ0v) is 14.4. The minimum atomic E-state index is -3.52. The third-order valence-electron chi connectivity index (χ3n) is 2.88. The summed E-state index contributed by atoms with van der Waals surface area (Å²) >= 11 is 0. The van der Waals surface area contributed by atoms with Crippen LogP contribution in [-0.4, -0.2) is 35.7 Å². The van der Waals surface area contributed by atoms with Crippen molar-refractivity contribution in [2.45, 2.75) is 20.3 Å². The molecule has 0 bridgehead atoms. The van der Waals surface area contributed by atoms with E-state index in [-0.39, 0.29) is 18.8 Å². The molecule has 0 unspecified atom stereocenters. The van der Waals surface area contributed by atoms with E-state index in [4.69, 9.17) is 0 Å². The lowest BCUT2D eigenvalue weighted by atomic mass is 10.2. The van der Waals surface area contributed by atoms with Gasteiger partial charge in [-0.1, -0.05) is 29.8 Å². The lowest BCUT2D eigenvalue weighted by Crippen LogP contribution is -2.30. The SMILES string of the molecule is CCS(=O)(=O)NCCCNS(=O)(=O)/C=C/c1ccc(C)cc1. The van der Waals surface area contributed by atoms with Gasteiger partial charge in [-0.25, -0.2) is 26.3 Å². The third-order valence-corrected chi connectivity index (χ3v) is 5.38. The molecule has 0 aliphatic rings. The highest BCUT2D eigenvalue weighted by Crippen LogP contribution is 2.05. The molecule has 0 saturated heterocycles. The van der Waals surface area contributed by atoms with Gasteiger partial charge in [-0.15, -0.1) is 0 Å². The van der Waals surface area contributed by atoms with Crippen molar-refractivity contribution in [1.82, 2.24) is 9.44 Å². The van der Waals surface area contributed by atoms with E-state index >= 15 is 0 Å². The molecule has 8 heteroatoms. The second-order valence-corrected chi connectivity index (χ2v) is 8.55. The van der Waals surface area contributed by atoms with Crippen molar-refractivity contribution in [3.8, 4) is 0 Å². The summed E-state index contributed by atoms with van der Waals surface area (Å²) in [4.78, 5) is 0. The molecule has 0 radical (unpaired) electrons. The molecule has 0 spiro atoms. The minimum absolute atomic E-state index is 0.0119. The van der Waals surface area contributed by atoms with Gasteiger partial charge in [-0.3, -0.25) is 0 Å². The van der Waals surface area contributed by atoms with Crippen LogP contribution >= 0.6 is 0 Å². The van der Waals surface area contributed by atoms with Crippen LogP contribution in [0, 0.1) is 6.92 Å². The zero-order chi connectivity index (χ0) is 16.6. The second-order valence-electron chi connectivity index (χ2n) is 4.80. The summed E-state index contributed by atoms with van der Waals surface area (Å²) in [6, 6.07) is 7.47. The number of aryl methyl sites for hydroxylation is 1. The highest BCUT2D eigenvalue weighted by atomic mass is 32.2. The predicted molar refractivity (Wildman–Crippen MR) is 89.2 cm³/mol. The summed E-state index contributed by atoms with van der Waals surface area (Å²) in [7, 11) is -6.75. The van der Waals surface area contributed by atoms with E-state index in [0.717, 1.165) is 16.5 Å². The molecule has 1 aromatic rings. The molecule has 0 aliphatic carbocycles. The Hall–Kier alpha value is -1.22. The molecule has 0 amide bonds. The molecule has 1 aromatic carbocycles. The zero-order valence-electron chi connectivity index (χ0n) is 12.7. The van der Waals surface area contributed by atoms with E-state index in [1.807, 2.05) is 31.2 Å². The first-order valence-electron chi connectivity index (χ1n) is 6.96. The van der Waals surface area contributed by atoms with E-state index < -0.39 is 20.0 Å². The maximum absolute atomic E-state index is 11.8. The number of rotatable bonds is 9. The van der Waals surface area contributed by atoms with Crippen molar-refractivity contribution in [3.63, 3.8) is 0 Å². The fourth-order valence-corrected chi connectivity index (χ4v) is 3.05. The lowest BCUT2D eigenvalue weighted by Gasteiger charge is -2.05. The maximum Gasteiger partial charge on any atom is 0.233 e. The van der Waals surface area contributed by atoms with E-state index in [2.05, 4.69) is 9.44 Å². The fourth-order valence-electron chi connectivity index (χ4n) is 1.53. The fraction of sp³-hybridized carbons (Fsp3) is 0.429. The highest BCUT2D eigenvalue weighted by molar-refractivity contribution is 7.92. The summed E-state index contributed by atoms with van der Waals surface area (Å²) in [5, 5.41) is 1.11. The number of benzene rings is 1. The van der Waals surface area contributed by atoms with Gasteiger partial charge < -0.3 is 0 Å². The summed E-state index contributed by atoms with van der Waals surface area (Å²) in [5.41, 5.74) is 1.90. The first kappa shape index (κ1) is 18.8. The largest absolute Gasteiger partial charge is 0.233 e. The monoisotopic (exact) mass is 346 g/mol. The first-order chi connectivity index (χ1) is 10.2. The molecular weight excluding hydrogens is 324 g/mol. The van der Waals surface area contributed by atoms with Gasteiger partial charge in [0, 0.05) is 18.5 Å². The number of nitrogens with one attached hydrogen (secondary N) is 2. The van der Waals surface area contributed by atoms with Crippen molar-refractivity contribution in [1.29, 1.82) is 0 Å².